The van der Waals surface area contributed by atoms with E-state index >= 15 is 0 Å². The van der Waals surface area contributed by atoms with Gasteiger partial charge in [-0.15, -0.1) is 0 Å². The fourth-order valence-corrected chi connectivity index (χ4v) is 4.79. The van der Waals surface area contributed by atoms with Crippen molar-refractivity contribution >= 4 is 5.84 Å². The van der Waals surface area contributed by atoms with Crippen LogP contribution in [0, 0.1) is 11.3 Å². The Morgan fingerprint density at radius 1 is 1.00 bits per heavy atom. The van der Waals surface area contributed by atoms with E-state index in [9.17, 15) is 5.11 Å². The van der Waals surface area contributed by atoms with E-state index in [1.807, 2.05) is 30.3 Å². The standard InChI is InChI=1S/C20H26N2O/c21-19-20(23,15-9-3-1-4-10-15)17-13-7-8-14-18(17)22(19)16-11-5-2-6-12-16/h1,3-4,9-10,14,16-17,21,23H,2,5-8,11-13H2. The zero-order valence-corrected chi connectivity index (χ0v) is 13.7. The van der Waals surface area contributed by atoms with Crippen molar-refractivity contribution in [1.29, 1.82) is 5.41 Å². The smallest absolute Gasteiger partial charge is 0.155 e. The summed E-state index contributed by atoms with van der Waals surface area (Å²) in [6.07, 6.45) is 11.5. The second-order valence-electron chi connectivity index (χ2n) is 7.26. The second-order valence-corrected chi connectivity index (χ2v) is 7.26. The molecule has 1 aromatic rings. The molecule has 1 heterocycles. The first-order valence-corrected chi connectivity index (χ1v) is 9.09. The van der Waals surface area contributed by atoms with Crippen LogP contribution in [0.1, 0.15) is 56.9 Å². The van der Waals surface area contributed by atoms with E-state index in [1.54, 1.807) is 0 Å². The van der Waals surface area contributed by atoms with E-state index in [2.05, 4.69) is 11.0 Å². The minimum Gasteiger partial charge on any atom is -0.376 e. The Kier molecular flexibility index (Phi) is 3.76. The minimum absolute atomic E-state index is 0.0491. The lowest BCUT2D eigenvalue weighted by molar-refractivity contribution is 0.0635. The Balaban J connectivity index is 1.77. The molecule has 0 spiro atoms. The number of aliphatic hydroxyl groups is 1. The van der Waals surface area contributed by atoms with Gasteiger partial charge in [-0.3, -0.25) is 5.41 Å². The molecule has 0 radical (unpaired) electrons. The number of amidine groups is 1. The van der Waals surface area contributed by atoms with Crippen LogP contribution >= 0.6 is 0 Å². The van der Waals surface area contributed by atoms with Crippen molar-refractivity contribution in [2.75, 3.05) is 0 Å². The number of nitrogens with one attached hydrogen (secondary N) is 1. The van der Waals surface area contributed by atoms with Crippen LogP contribution in [0.3, 0.4) is 0 Å². The number of benzene rings is 1. The number of hydrogen-bond donors (Lipinski definition) is 2. The van der Waals surface area contributed by atoms with E-state index in [0.717, 1.165) is 37.7 Å². The predicted molar refractivity (Wildman–Crippen MR) is 92.2 cm³/mol. The largest absolute Gasteiger partial charge is 0.376 e. The lowest BCUT2D eigenvalue weighted by Gasteiger charge is -2.35. The number of allylic oxidation sites excluding steroid dienone is 1. The van der Waals surface area contributed by atoms with E-state index in [1.165, 1.54) is 25.0 Å². The van der Waals surface area contributed by atoms with Gasteiger partial charge >= 0.3 is 0 Å². The van der Waals surface area contributed by atoms with Crippen LogP contribution < -0.4 is 0 Å². The van der Waals surface area contributed by atoms with Crippen molar-refractivity contribution in [3.63, 3.8) is 0 Å². The molecule has 1 aromatic carbocycles. The number of rotatable bonds is 2. The maximum atomic E-state index is 11.6. The number of nitrogens with zero attached hydrogens (tertiary/aromatic N) is 1. The normalized spacial score (nSPS) is 31.9. The molecule has 1 aliphatic heterocycles. The van der Waals surface area contributed by atoms with Gasteiger partial charge in [0.25, 0.3) is 0 Å². The maximum absolute atomic E-state index is 11.6. The number of fused-ring (bicyclic) bond motifs is 1. The summed E-state index contributed by atoms with van der Waals surface area (Å²) >= 11 is 0. The van der Waals surface area contributed by atoms with Gasteiger partial charge in [0.15, 0.2) is 5.60 Å². The summed E-state index contributed by atoms with van der Waals surface area (Å²) in [4.78, 5) is 2.20. The molecule has 0 bridgehead atoms. The summed E-state index contributed by atoms with van der Waals surface area (Å²) in [5.41, 5.74) is 0.950. The Hall–Kier alpha value is -1.61. The third kappa shape index (κ3) is 2.25. The van der Waals surface area contributed by atoms with Gasteiger partial charge in [0, 0.05) is 17.7 Å². The van der Waals surface area contributed by atoms with Gasteiger partial charge in [0.05, 0.1) is 0 Å². The molecule has 2 fully saturated rings. The van der Waals surface area contributed by atoms with Crippen LogP contribution in [0.2, 0.25) is 0 Å². The molecule has 2 unspecified atom stereocenters. The summed E-state index contributed by atoms with van der Waals surface area (Å²) in [6, 6.07) is 10.3. The molecule has 3 heteroatoms. The van der Waals surface area contributed by atoms with Crippen LogP contribution in [-0.4, -0.2) is 21.9 Å². The van der Waals surface area contributed by atoms with Crippen LogP contribution in [0.25, 0.3) is 0 Å². The molecule has 2 aliphatic carbocycles. The third-order valence-corrected chi connectivity index (χ3v) is 5.95. The summed E-state index contributed by atoms with van der Waals surface area (Å²) in [5, 5.41) is 20.5. The molecular formula is C20H26N2O. The molecule has 2 N–H and O–H groups in total. The van der Waals surface area contributed by atoms with Crippen molar-refractivity contribution in [2.24, 2.45) is 5.92 Å². The summed E-state index contributed by atoms with van der Waals surface area (Å²) in [6.45, 7) is 0. The first kappa shape index (κ1) is 14.9. The Morgan fingerprint density at radius 3 is 2.48 bits per heavy atom. The van der Waals surface area contributed by atoms with Crippen molar-refractivity contribution in [2.45, 2.75) is 63.0 Å². The molecule has 1 saturated carbocycles. The molecule has 1 saturated heterocycles. The quantitative estimate of drug-likeness (QED) is 0.860. The average molecular weight is 310 g/mol. The lowest BCUT2D eigenvalue weighted by Crippen LogP contribution is -2.43. The zero-order valence-electron chi connectivity index (χ0n) is 13.7. The Bertz CT molecular complexity index is 618. The van der Waals surface area contributed by atoms with Crippen molar-refractivity contribution in [3.05, 3.63) is 47.7 Å². The number of likely N-dealkylation sites (tertiary alicyclic amines) is 1. The van der Waals surface area contributed by atoms with Crippen molar-refractivity contribution in [3.8, 4) is 0 Å². The summed E-state index contributed by atoms with van der Waals surface area (Å²) in [5.74, 6) is 0.460. The molecule has 23 heavy (non-hydrogen) atoms. The lowest BCUT2D eigenvalue weighted by atomic mass is 9.77. The SMILES string of the molecule is N=C1N(C2CCCCC2)C2=CCCCC2C1(O)c1ccccc1. The zero-order chi connectivity index (χ0) is 15.9. The van der Waals surface area contributed by atoms with Gasteiger partial charge in [-0.25, -0.2) is 0 Å². The highest BCUT2D eigenvalue weighted by atomic mass is 16.3. The molecular weight excluding hydrogens is 284 g/mol. The Labute approximate surface area is 138 Å². The van der Waals surface area contributed by atoms with Crippen molar-refractivity contribution in [1.82, 2.24) is 4.90 Å². The van der Waals surface area contributed by atoms with Gasteiger partial charge in [-0.05, 0) is 37.7 Å². The first-order chi connectivity index (χ1) is 11.2. The highest BCUT2D eigenvalue weighted by Gasteiger charge is 2.55. The van der Waals surface area contributed by atoms with Gasteiger partial charge in [-0.1, -0.05) is 55.7 Å². The van der Waals surface area contributed by atoms with Crippen LogP contribution in [-0.2, 0) is 5.60 Å². The average Bonchev–Trinajstić information content (AvgIpc) is 2.86. The van der Waals surface area contributed by atoms with Crippen LogP contribution in [0.5, 0.6) is 0 Å². The highest BCUT2D eigenvalue weighted by Crippen LogP contribution is 2.50. The summed E-state index contributed by atoms with van der Waals surface area (Å²) in [7, 11) is 0. The van der Waals surface area contributed by atoms with E-state index in [-0.39, 0.29) is 5.92 Å². The first-order valence-electron chi connectivity index (χ1n) is 9.09. The van der Waals surface area contributed by atoms with Gasteiger partial charge in [0.1, 0.15) is 5.84 Å². The molecule has 3 nitrogen and oxygen atoms in total. The number of hydrogen-bond acceptors (Lipinski definition) is 2. The van der Waals surface area contributed by atoms with Crippen LogP contribution in [0.4, 0.5) is 0 Å². The maximum Gasteiger partial charge on any atom is 0.155 e. The van der Waals surface area contributed by atoms with Gasteiger partial charge in [0.2, 0.25) is 0 Å². The topological polar surface area (TPSA) is 47.3 Å². The van der Waals surface area contributed by atoms with Gasteiger partial charge in [-0.2, -0.15) is 0 Å². The molecule has 3 aliphatic rings. The van der Waals surface area contributed by atoms with E-state index in [0.29, 0.717) is 11.9 Å². The third-order valence-electron chi connectivity index (χ3n) is 5.95. The van der Waals surface area contributed by atoms with Crippen molar-refractivity contribution < 1.29 is 5.11 Å². The fourth-order valence-electron chi connectivity index (χ4n) is 4.79. The van der Waals surface area contributed by atoms with E-state index in [4.69, 9.17) is 5.41 Å². The minimum atomic E-state index is -1.15. The highest BCUT2D eigenvalue weighted by molar-refractivity contribution is 5.94. The molecule has 2 atom stereocenters. The predicted octanol–water partition coefficient (Wildman–Crippen LogP) is 4.18. The van der Waals surface area contributed by atoms with E-state index < -0.39 is 5.60 Å². The molecule has 0 aromatic heterocycles. The Morgan fingerprint density at radius 2 is 1.74 bits per heavy atom. The summed E-state index contributed by atoms with van der Waals surface area (Å²) < 4.78 is 0. The molecule has 4 rings (SSSR count). The molecule has 122 valence electrons. The second kappa shape index (κ2) is 5.79. The molecule has 0 amide bonds. The van der Waals surface area contributed by atoms with Gasteiger partial charge < -0.3 is 10.0 Å². The fraction of sp³-hybridized carbons (Fsp3) is 0.550. The monoisotopic (exact) mass is 310 g/mol. The van der Waals surface area contributed by atoms with Crippen LogP contribution in [0.15, 0.2) is 42.1 Å².